The van der Waals surface area contributed by atoms with Crippen LogP contribution in [0.3, 0.4) is 0 Å². The fourth-order valence-electron chi connectivity index (χ4n) is 1.13. The molecular formula is C8H14N4O4S. The molecule has 3 N–H and O–H groups in total. The van der Waals surface area contributed by atoms with Crippen molar-refractivity contribution in [2.75, 3.05) is 26.4 Å². The van der Waals surface area contributed by atoms with Crippen molar-refractivity contribution >= 4 is 21.8 Å². The Hall–Kier alpha value is -1.61. The van der Waals surface area contributed by atoms with Crippen molar-refractivity contribution in [2.45, 2.75) is 11.3 Å². The molecule has 1 rings (SSSR count). The fraction of sp³-hybridized carbons (Fsp3) is 0.500. The number of sulfonamides is 1. The summed E-state index contributed by atoms with van der Waals surface area (Å²) >= 11 is 0. The maximum Gasteiger partial charge on any atom is 0.306 e. The molecule has 96 valence electrons. The van der Waals surface area contributed by atoms with Gasteiger partial charge in [0.25, 0.3) is 0 Å². The summed E-state index contributed by atoms with van der Waals surface area (Å²) in [5.41, 5.74) is 5.43. The Morgan fingerprint density at radius 3 is 2.76 bits per heavy atom. The SMILES string of the molecule is COC(=O)CCN(C)S(=O)(=O)c1cn[nH]c1N. The number of anilines is 1. The second-order valence-electron chi connectivity index (χ2n) is 3.30. The topological polar surface area (TPSA) is 118 Å². The second-order valence-corrected chi connectivity index (χ2v) is 5.31. The van der Waals surface area contributed by atoms with Gasteiger partial charge in [0.1, 0.15) is 10.7 Å². The van der Waals surface area contributed by atoms with Gasteiger partial charge in [0.15, 0.2) is 0 Å². The van der Waals surface area contributed by atoms with Gasteiger partial charge in [0, 0.05) is 13.6 Å². The van der Waals surface area contributed by atoms with Crippen molar-refractivity contribution in [3.8, 4) is 0 Å². The summed E-state index contributed by atoms with van der Waals surface area (Å²) in [6, 6.07) is 0. The Morgan fingerprint density at radius 2 is 2.29 bits per heavy atom. The summed E-state index contributed by atoms with van der Waals surface area (Å²) in [5, 5.41) is 5.87. The van der Waals surface area contributed by atoms with Crippen molar-refractivity contribution in [3.05, 3.63) is 6.20 Å². The monoisotopic (exact) mass is 262 g/mol. The number of rotatable bonds is 5. The molecule has 0 saturated heterocycles. The Balaban J connectivity index is 2.78. The van der Waals surface area contributed by atoms with Crippen LogP contribution < -0.4 is 5.73 Å². The minimum atomic E-state index is -3.72. The first-order valence-corrected chi connectivity index (χ1v) is 6.15. The van der Waals surface area contributed by atoms with Crippen LogP contribution in [0, 0.1) is 0 Å². The lowest BCUT2D eigenvalue weighted by atomic mass is 10.4. The molecule has 8 nitrogen and oxygen atoms in total. The maximum absolute atomic E-state index is 11.9. The fourth-order valence-corrected chi connectivity index (χ4v) is 2.31. The zero-order valence-electron chi connectivity index (χ0n) is 9.50. The molecule has 0 atom stereocenters. The van der Waals surface area contributed by atoms with Crippen molar-refractivity contribution in [1.82, 2.24) is 14.5 Å². The summed E-state index contributed by atoms with van der Waals surface area (Å²) in [4.78, 5) is 10.8. The van der Waals surface area contributed by atoms with E-state index in [1.807, 2.05) is 0 Å². The molecule has 9 heteroatoms. The molecule has 0 spiro atoms. The lowest BCUT2D eigenvalue weighted by Crippen LogP contribution is -2.29. The van der Waals surface area contributed by atoms with Crippen molar-refractivity contribution in [1.29, 1.82) is 0 Å². The molecule has 0 aromatic carbocycles. The van der Waals surface area contributed by atoms with E-state index in [9.17, 15) is 13.2 Å². The van der Waals surface area contributed by atoms with Crippen LogP contribution in [0.15, 0.2) is 11.1 Å². The average molecular weight is 262 g/mol. The molecule has 0 unspecified atom stereocenters. The van der Waals surface area contributed by atoms with E-state index in [1.165, 1.54) is 14.2 Å². The third kappa shape index (κ3) is 2.94. The first kappa shape index (κ1) is 13.5. The normalized spacial score (nSPS) is 11.7. The van der Waals surface area contributed by atoms with E-state index in [-0.39, 0.29) is 23.7 Å². The molecule has 1 heterocycles. The van der Waals surface area contributed by atoms with Gasteiger partial charge in [-0.05, 0) is 0 Å². The van der Waals surface area contributed by atoms with E-state index in [2.05, 4.69) is 14.9 Å². The number of nitrogens with zero attached hydrogens (tertiary/aromatic N) is 2. The number of carbonyl (C=O) groups is 1. The number of nitrogens with two attached hydrogens (primary N) is 1. The zero-order chi connectivity index (χ0) is 13.1. The minimum absolute atomic E-state index is 0.0135. The summed E-state index contributed by atoms with van der Waals surface area (Å²) < 4.78 is 29.3. The molecule has 0 aliphatic rings. The first-order chi connectivity index (χ1) is 7.89. The number of aromatic amines is 1. The van der Waals surface area contributed by atoms with Crippen LogP contribution in [0.2, 0.25) is 0 Å². The van der Waals surface area contributed by atoms with Gasteiger partial charge in [-0.3, -0.25) is 9.89 Å². The van der Waals surface area contributed by atoms with Crippen LogP contribution in [0.5, 0.6) is 0 Å². The van der Waals surface area contributed by atoms with Crippen LogP contribution in [0.4, 0.5) is 5.82 Å². The Bertz CT molecular complexity index is 495. The van der Waals surface area contributed by atoms with Gasteiger partial charge in [-0.15, -0.1) is 0 Å². The predicted molar refractivity (Wildman–Crippen MR) is 59.4 cm³/mol. The van der Waals surface area contributed by atoms with Crippen LogP contribution >= 0.6 is 0 Å². The lowest BCUT2D eigenvalue weighted by Gasteiger charge is -2.15. The first-order valence-electron chi connectivity index (χ1n) is 4.71. The number of esters is 1. The number of aromatic nitrogens is 2. The number of hydrogen-bond acceptors (Lipinski definition) is 6. The van der Waals surface area contributed by atoms with Gasteiger partial charge in [-0.25, -0.2) is 12.7 Å². The van der Waals surface area contributed by atoms with Gasteiger partial charge >= 0.3 is 5.97 Å². The summed E-state index contributed by atoms with van der Waals surface area (Å²) in [6.45, 7) is 0.0135. The number of carbonyl (C=O) groups excluding carboxylic acids is 1. The number of H-pyrrole nitrogens is 1. The van der Waals surface area contributed by atoms with Gasteiger partial charge < -0.3 is 10.5 Å². The molecule has 0 aliphatic carbocycles. The molecule has 17 heavy (non-hydrogen) atoms. The molecule has 0 bridgehead atoms. The molecule has 0 saturated carbocycles. The highest BCUT2D eigenvalue weighted by molar-refractivity contribution is 7.89. The molecule has 0 fully saturated rings. The number of methoxy groups -OCH3 is 1. The van der Waals surface area contributed by atoms with E-state index in [0.29, 0.717) is 0 Å². The third-order valence-corrected chi connectivity index (χ3v) is 4.06. The molecule has 0 aliphatic heterocycles. The predicted octanol–water partition coefficient (Wildman–Crippen LogP) is -0.824. The van der Waals surface area contributed by atoms with Crippen LogP contribution in [0.1, 0.15) is 6.42 Å². The summed E-state index contributed by atoms with van der Waals surface area (Å²) in [7, 11) is -1.13. The average Bonchev–Trinajstić information content (AvgIpc) is 2.72. The highest BCUT2D eigenvalue weighted by Crippen LogP contribution is 2.18. The van der Waals surface area contributed by atoms with E-state index >= 15 is 0 Å². The minimum Gasteiger partial charge on any atom is -0.469 e. The number of ether oxygens (including phenoxy) is 1. The maximum atomic E-state index is 11.9. The van der Waals surface area contributed by atoms with Crippen molar-refractivity contribution in [3.63, 3.8) is 0 Å². The standard InChI is InChI=1S/C8H14N4O4S/c1-12(4-3-7(13)16-2)17(14,15)6-5-10-11-8(6)9/h5H,3-4H2,1-2H3,(H3,9,10,11). The van der Waals surface area contributed by atoms with Gasteiger partial charge in [-0.2, -0.15) is 5.10 Å². The Labute approximate surface area is 98.8 Å². The highest BCUT2D eigenvalue weighted by atomic mass is 32.2. The smallest absolute Gasteiger partial charge is 0.306 e. The van der Waals surface area contributed by atoms with Crippen LogP contribution in [-0.4, -0.2) is 49.6 Å². The molecule has 1 aromatic heterocycles. The molecule has 0 radical (unpaired) electrons. The van der Waals surface area contributed by atoms with E-state index in [1.54, 1.807) is 0 Å². The van der Waals surface area contributed by atoms with E-state index in [0.717, 1.165) is 10.5 Å². The highest BCUT2D eigenvalue weighted by Gasteiger charge is 2.25. The molecule has 0 amide bonds. The second kappa shape index (κ2) is 5.15. The molecule has 1 aromatic rings. The number of hydrogen-bond donors (Lipinski definition) is 2. The van der Waals surface area contributed by atoms with Gasteiger partial charge in [0.05, 0.1) is 19.7 Å². The summed E-state index contributed by atoms with van der Waals surface area (Å²) in [6.07, 6.45) is 1.10. The van der Waals surface area contributed by atoms with Crippen LogP contribution in [-0.2, 0) is 19.6 Å². The van der Waals surface area contributed by atoms with Gasteiger partial charge in [0.2, 0.25) is 10.0 Å². The van der Waals surface area contributed by atoms with Gasteiger partial charge in [-0.1, -0.05) is 0 Å². The van der Waals surface area contributed by atoms with E-state index in [4.69, 9.17) is 5.73 Å². The largest absolute Gasteiger partial charge is 0.469 e. The lowest BCUT2D eigenvalue weighted by molar-refractivity contribution is -0.140. The Morgan fingerprint density at radius 1 is 1.65 bits per heavy atom. The van der Waals surface area contributed by atoms with Crippen molar-refractivity contribution in [2.24, 2.45) is 0 Å². The third-order valence-electron chi connectivity index (χ3n) is 2.18. The zero-order valence-corrected chi connectivity index (χ0v) is 10.3. The molecular weight excluding hydrogens is 248 g/mol. The summed E-state index contributed by atoms with van der Waals surface area (Å²) in [5.74, 6) is -0.512. The van der Waals surface area contributed by atoms with Crippen molar-refractivity contribution < 1.29 is 17.9 Å². The Kier molecular flexibility index (Phi) is 4.07. The van der Waals surface area contributed by atoms with E-state index < -0.39 is 16.0 Å². The van der Waals surface area contributed by atoms with Crippen LogP contribution in [0.25, 0.3) is 0 Å². The quantitative estimate of drug-likeness (QED) is 0.669. The number of nitrogen functional groups attached to an aromatic ring is 1. The number of nitrogens with one attached hydrogen (secondary N) is 1.